The first-order valence-electron chi connectivity index (χ1n) is 5.49. The Kier molecular flexibility index (Phi) is 3.85. The van der Waals surface area contributed by atoms with Gasteiger partial charge in [-0.25, -0.2) is 4.98 Å². The van der Waals surface area contributed by atoms with Crippen LogP contribution in [-0.2, 0) is 0 Å². The van der Waals surface area contributed by atoms with Gasteiger partial charge < -0.3 is 0 Å². The molecule has 0 spiro atoms. The Morgan fingerprint density at radius 1 is 1.75 bits per heavy atom. The monoisotopic (exact) mass is 253 g/mol. The minimum atomic E-state index is -0.342. The molecule has 86 valence electrons. The van der Waals surface area contributed by atoms with Crippen LogP contribution in [0, 0.1) is 17.2 Å². The Labute approximate surface area is 104 Å². The van der Waals surface area contributed by atoms with Crippen LogP contribution in [-0.4, -0.2) is 22.8 Å². The zero-order valence-electron chi connectivity index (χ0n) is 9.27. The van der Waals surface area contributed by atoms with Crippen molar-refractivity contribution in [2.45, 2.75) is 29.6 Å². The first-order chi connectivity index (χ1) is 7.80. The van der Waals surface area contributed by atoms with Gasteiger partial charge in [0.15, 0.2) is 0 Å². The van der Waals surface area contributed by atoms with Crippen LogP contribution in [0.4, 0.5) is 0 Å². The van der Waals surface area contributed by atoms with Crippen LogP contribution in [0.1, 0.15) is 19.8 Å². The molecule has 1 aromatic rings. The van der Waals surface area contributed by atoms with Gasteiger partial charge in [0, 0.05) is 17.3 Å². The lowest BCUT2D eigenvalue weighted by Gasteiger charge is -2.26. The van der Waals surface area contributed by atoms with Gasteiger partial charge in [0.2, 0.25) is 0 Å². The smallest absolute Gasteiger partial charge is 0.149 e. The molecule has 3 nitrogen and oxygen atoms in total. The minimum absolute atomic E-state index is 0.342. The second kappa shape index (κ2) is 5.17. The molecule has 0 aliphatic heterocycles. The third-order valence-corrected chi connectivity index (χ3v) is 4.96. The summed E-state index contributed by atoms with van der Waals surface area (Å²) in [7, 11) is 0. The Balaban J connectivity index is 1.99. The normalized spacial score (nSPS) is 19.0. The number of hydrogen-bond acceptors (Lipinski definition) is 5. The molecular weight excluding hydrogens is 238 g/mol. The summed E-state index contributed by atoms with van der Waals surface area (Å²) in [4.78, 5) is 4.24. The molecule has 5 heteroatoms. The summed E-state index contributed by atoms with van der Waals surface area (Å²) in [6.45, 7) is 2.91. The number of rotatable bonds is 6. The highest BCUT2D eigenvalue weighted by atomic mass is 32.2. The summed E-state index contributed by atoms with van der Waals surface area (Å²) < 4.78 is 1.05. The van der Waals surface area contributed by atoms with E-state index >= 15 is 0 Å². The summed E-state index contributed by atoms with van der Waals surface area (Å²) in [5.74, 6) is 1.33. The van der Waals surface area contributed by atoms with Crippen molar-refractivity contribution < 1.29 is 0 Å². The minimum Gasteiger partial charge on any atom is -0.299 e. The highest BCUT2D eigenvalue weighted by Crippen LogP contribution is 2.42. The molecule has 0 bridgehead atoms. The van der Waals surface area contributed by atoms with E-state index in [4.69, 9.17) is 0 Å². The molecule has 1 aromatic heterocycles. The van der Waals surface area contributed by atoms with Crippen molar-refractivity contribution in [2.24, 2.45) is 5.92 Å². The molecule has 0 amide bonds. The van der Waals surface area contributed by atoms with Crippen LogP contribution >= 0.6 is 23.1 Å². The topological polar surface area (TPSA) is 48.7 Å². The fourth-order valence-corrected chi connectivity index (χ4v) is 3.69. The Morgan fingerprint density at radius 2 is 2.56 bits per heavy atom. The average molecular weight is 253 g/mol. The molecule has 2 rings (SSSR count). The molecular formula is C11H15N3S2. The van der Waals surface area contributed by atoms with Gasteiger partial charge in [-0.05, 0) is 25.3 Å². The standard InChI is InChI=1S/C11H15N3S2/c1-2-14-11(7-12,9-3-4-9)8-16-10-13-5-6-15-10/h5-6,9,14H,2-4,8H2,1H3. The SMILES string of the molecule is CCNC(C#N)(CSc1nccs1)C1CC1. The van der Waals surface area contributed by atoms with Crippen molar-refractivity contribution in [1.29, 1.82) is 5.26 Å². The Hall–Kier alpha value is -0.570. The lowest BCUT2D eigenvalue weighted by atomic mass is 9.98. The van der Waals surface area contributed by atoms with Crippen LogP contribution in [0.3, 0.4) is 0 Å². The molecule has 1 fully saturated rings. The number of aromatic nitrogens is 1. The highest BCUT2D eigenvalue weighted by Gasteiger charge is 2.45. The van der Waals surface area contributed by atoms with Gasteiger partial charge in [-0.2, -0.15) is 5.26 Å². The van der Waals surface area contributed by atoms with E-state index in [1.54, 1.807) is 23.1 Å². The molecule has 1 heterocycles. The molecule has 1 N–H and O–H groups in total. The number of thiazole rings is 1. The molecule has 16 heavy (non-hydrogen) atoms. The number of nitriles is 1. The number of thioether (sulfide) groups is 1. The zero-order valence-corrected chi connectivity index (χ0v) is 10.9. The van der Waals surface area contributed by atoms with Crippen LogP contribution < -0.4 is 5.32 Å². The van der Waals surface area contributed by atoms with Crippen molar-refractivity contribution in [1.82, 2.24) is 10.3 Å². The summed E-state index contributed by atoms with van der Waals surface area (Å²) in [6, 6.07) is 2.49. The highest BCUT2D eigenvalue weighted by molar-refractivity contribution is 8.01. The summed E-state index contributed by atoms with van der Waals surface area (Å²) >= 11 is 3.33. The van der Waals surface area contributed by atoms with Crippen LogP contribution in [0.25, 0.3) is 0 Å². The van der Waals surface area contributed by atoms with E-state index in [1.165, 1.54) is 12.8 Å². The lowest BCUT2D eigenvalue weighted by Crippen LogP contribution is -2.48. The molecule has 1 atom stereocenters. The van der Waals surface area contributed by atoms with Crippen LogP contribution in [0.2, 0.25) is 0 Å². The second-order valence-electron chi connectivity index (χ2n) is 3.97. The van der Waals surface area contributed by atoms with Gasteiger partial charge >= 0.3 is 0 Å². The summed E-state index contributed by atoms with van der Waals surface area (Å²) in [6.07, 6.45) is 4.17. The third kappa shape index (κ3) is 2.57. The van der Waals surface area contributed by atoms with Crippen molar-refractivity contribution in [3.05, 3.63) is 11.6 Å². The molecule has 1 aliphatic carbocycles. The average Bonchev–Trinajstić information content (AvgIpc) is 3.03. The second-order valence-corrected chi connectivity index (χ2v) is 6.09. The molecule has 1 aliphatic rings. The molecule has 0 radical (unpaired) electrons. The number of hydrogen-bond donors (Lipinski definition) is 1. The first-order valence-corrected chi connectivity index (χ1v) is 7.36. The molecule has 1 unspecified atom stereocenters. The van der Waals surface area contributed by atoms with Crippen molar-refractivity contribution in [3.63, 3.8) is 0 Å². The Bertz CT molecular complexity index is 367. The van der Waals surface area contributed by atoms with Gasteiger partial charge in [0.25, 0.3) is 0 Å². The maximum absolute atomic E-state index is 9.40. The van der Waals surface area contributed by atoms with E-state index in [9.17, 15) is 5.26 Å². The predicted octanol–water partition coefficient (Wildman–Crippen LogP) is 2.52. The quantitative estimate of drug-likeness (QED) is 0.791. The molecule has 0 aromatic carbocycles. The van der Waals surface area contributed by atoms with E-state index in [0.29, 0.717) is 5.92 Å². The fourth-order valence-electron chi connectivity index (χ4n) is 1.83. The maximum atomic E-state index is 9.40. The van der Waals surface area contributed by atoms with Gasteiger partial charge in [0.1, 0.15) is 9.88 Å². The van der Waals surface area contributed by atoms with E-state index in [0.717, 1.165) is 16.6 Å². The van der Waals surface area contributed by atoms with Crippen LogP contribution in [0.5, 0.6) is 0 Å². The third-order valence-electron chi connectivity index (χ3n) is 2.80. The fraction of sp³-hybridized carbons (Fsp3) is 0.636. The predicted molar refractivity (Wildman–Crippen MR) is 67.6 cm³/mol. The van der Waals surface area contributed by atoms with Gasteiger partial charge in [-0.1, -0.05) is 18.7 Å². The van der Waals surface area contributed by atoms with Gasteiger partial charge in [-0.3, -0.25) is 5.32 Å². The van der Waals surface area contributed by atoms with Crippen molar-refractivity contribution in [3.8, 4) is 6.07 Å². The zero-order chi connectivity index (χ0) is 11.4. The number of nitrogens with one attached hydrogen (secondary N) is 1. The van der Waals surface area contributed by atoms with E-state index < -0.39 is 0 Å². The maximum Gasteiger partial charge on any atom is 0.149 e. The van der Waals surface area contributed by atoms with Crippen LogP contribution in [0.15, 0.2) is 15.9 Å². The Morgan fingerprint density at radius 3 is 3.06 bits per heavy atom. The van der Waals surface area contributed by atoms with Crippen molar-refractivity contribution >= 4 is 23.1 Å². The molecule has 1 saturated carbocycles. The summed E-state index contributed by atoms with van der Waals surface area (Å²) in [5.41, 5.74) is -0.342. The first kappa shape index (κ1) is 11.9. The van der Waals surface area contributed by atoms with E-state index in [2.05, 4.69) is 23.3 Å². The largest absolute Gasteiger partial charge is 0.299 e. The van der Waals surface area contributed by atoms with Gasteiger partial charge in [0.05, 0.1) is 6.07 Å². The van der Waals surface area contributed by atoms with E-state index in [-0.39, 0.29) is 5.54 Å². The van der Waals surface area contributed by atoms with Crippen molar-refractivity contribution in [2.75, 3.05) is 12.3 Å². The molecule has 0 saturated heterocycles. The van der Waals surface area contributed by atoms with Gasteiger partial charge in [-0.15, -0.1) is 11.3 Å². The van der Waals surface area contributed by atoms with E-state index in [1.807, 2.05) is 11.6 Å². The summed E-state index contributed by atoms with van der Waals surface area (Å²) in [5, 5.41) is 14.7. The lowest BCUT2D eigenvalue weighted by molar-refractivity contribution is 0.416. The number of nitrogens with zero attached hydrogens (tertiary/aromatic N) is 2.